The Kier molecular flexibility index (Phi) is 4.17. The van der Waals surface area contributed by atoms with Gasteiger partial charge in [0.05, 0.1) is 10.6 Å². The number of nitrogens with zero attached hydrogens (tertiary/aromatic N) is 2. The average molecular weight is 361 g/mol. The van der Waals surface area contributed by atoms with Gasteiger partial charge in [0.15, 0.2) is 4.90 Å². The van der Waals surface area contributed by atoms with E-state index in [1.807, 2.05) is 0 Å². The van der Waals surface area contributed by atoms with Gasteiger partial charge in [0, 0.05) is 19.5 Å². The lowest BCUT2D eigenvalue weighted by Gasteiger charge is -2.25. The number of sulfonamides is 1. The Morgan fingerprint density at radius 1 is 1.20 bits per heavy atom. The normalized spacial score (nSPS) is 16.4. The van der Waals surface area contributed by atoms with Crippen LogP contribution in [0.4, 0.5) is 11.4 Å². The van der Waals surface area contributed by atoms with E-state index in [-0.39, 0.29) is 6.42 Å². The fourth-order valence-corrected chi connectivity index (χ4v) is 4.76. The molecule has 1 aliphatic rings. The van der Waals surface area contributed by atoms with E-state index in [0.717, 1.165) is 10.4 Å². The zero-order chi connectivity index (χ0) is 18.2. The number of anilines is 1. The van der Waals surface area contributed by atoms with E-state index in [1.165, 1.54) is 25.2 Å². The maximum absolute atomic E-state index is 13.2. The van der Waals surface area contributed by atoms with Crippen LogP contribution in [0.3, 0.4) is 0 Å². The number of nitrogens with one attached hydrogen (secondary N) is 1. The second-order valence-corrected chi connectivity index (χ2v) is 7.27. The number of para-hydroxylation sites is 2. The van der Waals surface area contributed by atoms with E-state index >= 15 is 0 Å². The monoisotopic (exact) mass is 361 g/mol. The first-order valence-electron chi connectivity index (χ1n) is 7.45. The molecule has 0 saturated heterocycles. The molecule has 0 aromatic heterocycles. The molecule has 130 valence electrons. The highest BCUT2D eigenvalue weighted by molar-refractivity contribution is 7.93. The molecule has 1 heterocycles. The lowest BCUT2D eigenvalue weighted by molar-refractivity contribution is -0.387. The number of hydrogen-bond acceptors (Lipinski definition) is 5. The van der Waals surface area contributed by atoms with Gasteiger partial charge >= 0.3 is 0 Å². The maximum atomic E-state index is 13.2. The van der Waals surface area contributed by atoms with Crippen molar-refractivity contribution in [1.82, 2.24) is 5.32 Å². The van der Waals surface area contributed by atoms with Crippen LogP contribution in [0.25, 0.3) is 0 Å². The third-order valence-corrected chi connectivity index (χ3v) is 5.94. The molecule has 1 aliphatic heterocycles. The number of nitro groups is 1. The van der Waals surface area contributed by atoms with Gasteiger partial charge in [0.1, 0.15) is 6.04 Å². The molecule has 0 bridgehead atoms. The van der Waals surface area contributed by atoms with Crippen molar-refractivity contribution in [2.45, 2.75) is 17.4 Å². The number of carbonyl (C=O) groups excluding carboxylic acids is 1. The maximum Gasteiger partial charge on any atom is 0.289 e. The van der Waals surface area contributed by atoms with Crippen molar-refractivity contribution in [2.24, 2.45) is 0 Å². The first-order chi connectivity index (χ1) is 11.9. The summed E-state index contributed by atoms with van der Waals surface area (Å²) in [5.74, 6) is -0.474. The van der Waals surface area contributed by atoms with E-state index < -0.39 is 37.5 Å². The highest BCUT2D eigenvalue weighted by Crippen LogP contribution is 2.38. The van der Waals surface area contributed by atoms with Crippen LogP contribution < -0.4 is 9.62 Å². The van der Waals surface area contributed by atoms with Crippen molar-refractivity contribution in [3.05, 3.63) is 64.2 Å². The van der Waals surface area contributed by atoms with Gasteiger partial charge in [0.2, 0.25) is 5.91 Å². The molecule has 1 amide bonds. The van der Waals surface area contributed by atoms with Gasteiger partial charge in [-0.15, -0.1) is 0 Å². The summed E-state index contributed by atoms with van der Waals surface area (Å²) in [5.41, 5.74) is 0.523. The van der Waals surface area contributed by atoms with E-state index in [0.29, 0.717) is 11.3 Å². The minimum atomic E-state index is -4.30. The molecular formula is C16H15N3O5S. The predicted molar refractivity (Wildman–Crippen MR) is 90.8 cm³/mol. The van der Waals surface area contributed by atoms with E-state index in [9.17, 15) is 23.3 Å². The quantitative estimate of drug-likeness (QED) is 0.655. The molecule has 3 rings (SSSR count). The van der Waals surface area contributed by atoms with Crippen LogP contribution in [0.2, 0.25) is 0 Å². The summed E-state index contributed by atoms with van der Waals surface area (Å²) in [6, 6.07) is 10.9. The van der Waals surface area contributed by atoms with Gasteiger partial charge in [-0.05, 0) is 17.7 Å². The van der Waals surface area contributed by atoms with Crippen LogP contribution in [0.5, 0.6) is 0 Å². The second-order valence-electron chi connectivity index (χ2n) is 5.49. The number of rotatable bonds is 4. The molecule has 8 nitrogen and oxygen atoms in total. The predicted octanol–water partition coefficient (Wildman–Crippen LogP) is 1.46. The zero-order valence-electron chi connectivity index (χ0n) is 13.2. The Balaban J connectivity index is 2.21. The minimum absolute atomic E-state index is 0.204. The lowest BCUT2D eigenvalue weighted by atomic mass is 10.1. The lowest BCUT2D eigenvalue weighted by Crippen LogP contribution is -2.47. The molecule has 2 aromatic rings. The number of hydrogen-bond donors (Lipinski definition) is 1. The van der Waals surface area contributed by atoms with E-state index in [2.05, 4.69) is 5.32 Å². The number of likely N-dealkylation sites (N-methyl/N-ethyl adjacent to an activating group) is 1. The molecule has 9 heteroatoms. The van der Waals surface area contributed by atoms with Crippen LogP contribution in [0.1, 0.15) is 5.56 Å². The molecule has 1 atom stereocenters. The molecule has 25 heavy (non-hydrogen) atoms. The number of amides is 1. The number of carbonyl (C=O) groups is 1. The van der Waals surface area contributed by atoms with Gasteiger partial charge in [-0.1, -0.05) is 30.3 Å². The van der Waals surface area contributed by atoms with E-state index in [1.54, 1.807) is 24.3 Å². The topological polar surface area (TPSA) is 110 Å². The summed E-state index contributed by atoms with van der Waals surface area (Å²) >= 11 is 0. The Morgan fingerprint density at radius 3 is 2.52 bits per heavy atom. The molecular weight excluding hydrogens is 346 g/mol. The Morgan fingerprint density at radius 2 is 1.84 bits per heavy atom. The number of nitro benzene ring substituents is 1. The van der Waals surface area contributed by atoms with Crippen LogP contribution in [0, 0.1) is 10.1 Å². The Hall–Kier alpha value is -2.94. The standard InChI is InChI=1S/C16H15N3O5S/c1-17-16(20)14-10-11-6-2-3-7-12(11)18(14)25(23,24)15-9-5-4-8-13(15)19(21)22/h2-9,14H,10H2,1H3,(H,17,20). The summed E-state index contributed by atoms with van der Waals surface area (Å²) in [7, 11) is -2.88. The summed E-state index contributed by atoms with van der Waals surface area (Å²) < 4.78 is 27.4. The molecule has 0 saturated carbocycles. The first kappa shape index (κ1) is 16.9. The van der Waals surface area contributed by atoms with Crippen LogP contribution in [-0.2, 0) is 21.2 Å². The molecule has 1 unspecified atom stereocenters. The van der Waals surface area contributed by atoms with Gasteiger partial charge < -0.3 is 5.32 Å². The van der Waals surface area contributed by atoms with Gasteiger partial charge in [-0.2, -0.15) is 0 Å². The summed E-state index contributed by atoms with van der Waals surface area (Å²) in [4.78, 5) is 22.3. The van der Waals surface area contributed by atoms with Crippen molar-refractivity contribution in [3.8, 4) is 0 Å². The van der Waals surface area contributed by atoms with Crippen molar-refractivity contribution in [3.63, 3.8) is 0 Å². The molecule has 0 fully saturated rings. The highest BCUT2D eigenvalue weighted by Gasteiger charge is 2.43. The fourth-order valence-electron chi connectivity index (χ4n) is 2.95. The van der Waals surface area contributed by atoms with Gasteiger partial charge in [0.25, 0.3) is 15.7 Å². The van der Waals surface area contributed by atoms with Gasteiger partial charge in [-0.3, -0.25) is 19.2 Å². The van der Waals surface area contributed by atoms with Crippen molar-refractivity contribution in [1.29, 1.82) is 0 Å². The van der Waals surface area contributed by atoms with Gasteiger partial charge in [-0.25, -0.2) is 8.42 Å². The number of fused-ring (bicyclic) bond motifs is 1. The molecule has 0 radical (unpaired) electrons. The summed E-state index contributed by atoms with van der Waals surface area (Å²) in [6.07, 6.45) is 0.204. The largest absolute Gasteiger partial charge is 0.357 e. The van der Waals surface area contributed by atoms with Crippen LogP contribution >= 0.6 is 0 Å². The zero-order valence-corrected chi connectivity index (χ0v) is 14.1. The molecule has 0 spiro atoms. The van der Waals surface area contributed by atoms with Crippen molar-refractivity contribution in [2.75, 3.05) is 11.4 Å². The molecule has 0 aliphatic carbocycles. The Labute approximate surface area is 144 Å². The third-order valence-electron chi connectivity index (χ3n) is 4.07. The highest BCUT2D eigenvalue weighted by atomic mass is 32.2. The van der Waals surface area contributed by atoms with Crippen molar-refractivity contribution < 1.29 is 18.1 Å². The third kappa shape index (κ3) is 2.72. The number of benzene rings is 2. The smallest absolute Gasteiger partial charge is 0.289 e. The average Bonchev–Trinajstić information content (AvgIpc) is 3.01. The van der Waals surface area contributed by atoms with Crippen LogP contribution in [0.15, 0.2) is 53.4 Å². The Bertz CT molecular complexity index is 958. The molecule has 1 N–H and O–H groups in total. The minimum Gasteiger partial charge on any atom is -0.357 e. The fraction of sp³-hybridized carbons (Fsp3) is 0.188. The second kappa shape index (κ2) is 6.17. The summed E-state index contributed by atoms with van der Waals surface area (Å²) in [6.45, 7) is 0. The first-order valence-corrected chi connectivity index (χ1v) is 8.89. The summed E-state index contributed by atoms with van der Waals surface area (Å²) in [5, 5.41) is 13.7. The molecule has 2 aromatic carbocycles. The SMILES string of the molecule is CNC(=O)C1Cc2ccccc2N1S(=O)(=O)c1ccccc1[N+](=O)[O-]. The van der Waals surface area contributed by atoms with Crippen LogP contribution in [-0.4, -0.2) is 32.3 Å². The van der Waals surface area contributed by atoms with E-state index in [4.69, 9.17) is 0 Å². The van der Waals surface area contributed by atoms with Crippen molar-refractivity contribution >= 4 is 27.3 Å².